The zero-order valence-corrected chi connectivity index (χ0v) is 19.0. The topological polar surface area (TPSA) is 52.9 Å². The Bertz CT molecular complexity index is 1140. The van der Waals surface area contributed by atoms with E-state index in [0.717, 1.165) is 16.5 Å². The van der Waals surface area contributed by atoms with E-state index in [4.69, 9.17) is 11.6 Å². The van der Waals surface area contributed by atoms with Gasteiger partial charge in [0.25, 0.3) is 5.91 Å². The maximum atomic E-state index is 12.4. The van der Waals surface area contributed by atoms with E-state index >= 15 is 0 Å². The second kappa shape index (κ2) is 9.75. The van der Waals surface area contributed by atoms with Crippen LogP contribution in [0.25, 0.3) is 6.08 Å². The number of rotatable bonds is 5. The summed E-state index contributed by atoms with van der Waals surface area (Å²) in [5.74, 6) is -0.463. The van der Waals surface area contributed by atoms with Crippen molar-refractivity contribution in [3.63, 3.8) is 0 Å². The number of nitrogens with one attached hydrogen (secondary N) is 1. The molecular weight excluding hydrogens is 460 g/mol. The van der Waals surface area contributed by atoms with Gasteiger partial charge < -0.3 is 5.32 Å². The fourth-order valence-electron chi connectivity index (χ4n) is 3.23. The van der Waals surface area contributed by atoms with E-state index < -0.39 is 5.91 Å². The highest BCUT2D eigenvalue weighted by atomic mass is 79.9. The number of aryl methyl sites for hydroxylation is 2. The maximum Gasteiger partial charge on any atom is 0.266 e. The predicted molar refractivity (Wildman–Crippen MR) is 127 cm³/mol. The Hall–Kier alpha value is -2.87. The summed E-state index contributed by atoms with van der Waals surface area (Å²) in [6.45, 7) is 4.16. The zero-order chi connectivity index (χ0) is 21.7. The van der Waals surface area contributed by atoms with E-state index in [1.807, 2.05) is 30.3 Å². The van der Waals surface area contributed by atoms with Gasteiger partial charge in [0.1, 0.15) is 11.6 Å². The number of benzene rings is 3. The number of amides is 1. The van der Waals surface area contributed by atoms with Gasteiger partial charge in [0.15, 0.2) is 0 Å². The third-order valence-electron chi connectivity index (χ3n) is 4.53. The minimum Gasteiger partial charge on any atom is -0.321 e. The van der Waals surface area contributed by atoms with E-state index in [9.17, 15) is 10.1 Å². The van der Waals surface area contributed by atoms with Crippen LogP contribution in [0, 0.1) is 25.2 Å². The Morgan fingerprint density at radius 2 is 1.73 bits per heavy atom. The van der Waals surface area contributed by atoms with E-state index in [2.05, 4.69) is 53.3 Å². The van der Waals surface area contributed by atoms with Gasteiger partial charge >= 0.3 is 0 Å². The van der Waals surface area contributed by atoms with Crippen molar-refractivity contribution in [3.8, 4) is 6.07 Å². The third-order valence-corrected chi connectivity index (χ3v) is 5.41. The molecule has 1 amide bonds. The quantitative estimate of drug-likeness (QED) is 0.321. The van der Waals surface area contributed by atoms with Crippen molar-refractivity contribution in [1.29, 1.82) is 5.26 Å². The molecule has 3 rings (SSSR count). The highest BCUT2D eigenvalue weighted by Crippen LogP contribution is 2.24. The van der Waals surface area contributed by atoms with Gasteiger partial charge in [-0.3, -0.25) is 4.79 Å². The van der Waals surface area contributed by atoms with Crippen LogP contribution in [-0.2, 0) is 11.2 Å². The first-order valence-electron chi connectivity index (χ1n) is 9.38. The Morgan fingerprint density at radius 3 is 2.33 bits per heavy atom. The average Bonchev–Trinajstić information content (AvgIpc) is 2.69. The van der Waals surface area contributed by atoms with Crippen LogP contribution in [0.1, 0.15) is 27.8 Å². The van der Waals surface area contributed by atoms with Gasteiger partial charge in [-0.2, -0.15) is 5.26 Å². The molecule has 0 aliphatic rings. The van der Waals surface area contributed by atoms with Gasteiger partial charge in [0.2, 0.25) is 0 Å². The molecule has 0 heterocycles. The van der Waals surface area contributed by atoms with Crippen LogP contribution in [0.4, 0.5) is 5.69 Å². The average molecular weight is 480 g/mol. The van der Waals surface area contributed by atoms with Crippen molar-refractivity contribution in [1.82, 2.24) is 0 Å². The molecule has 1 N–H and O–H groups in total. The van der Waals surface area contributed by atoms with Crippen molar-refractivity contribution in [3.05, 3.63) is 104 Å². The van der Waals surface area contributed by atoms with E-state index in [1.165, 1.54) is 16.7 Å². The van der Waals surface area contributed by atoms with Crippen LogP contribution in [0.5, 0.6) is 0 Å². The molecule has 150 valence electrons. The molecule has 0 bridgehead atoms. The molecule has 3 nitrogen and oxygen atoms in total. The molecule has 0 unspecified atom stereocenters. The summed E-state index contributed by atoms with van der Waals surface area (Å²) in [6.07, 6.45) is 2.27. The fourth-order valence-corrected chi connectivity index (χ4v) is 3.75. The normalized spacial score (nSPS) is 11.1. The van der Waals surface area contributed by atoms with E-state index in [-0.39, 0.29) is 5.57 Å². The first-order chi connectivity index (χ1) is 14.3. The first kappa shape index (κ1) is 21.8. The Morgan fingerprint density at radius 1 is 1.07 bits per heavy atom. The summed E-state index contributed by atoms with van der Waals surface area (Å²) in [7, 11) is 0. The number of carbonyl (C=O) groups is 1. The molecule has 0 aliphatic heterocycles. The molecule has 0 aliphatic carbocycles. The lowest BCUT2D eigenvalue weighted by Gasteiger charge is -2.08. The number of hydrogen-bond acceptors (Lipinski definition) is 2. The summed E-state index contributed by atoms with van der Waals surface area (Å²) < 4.78 is 0.909. The molecule has 0 fully saturated rings. The van der Waals surface area contributed by atoms with E-state index in [0.29, 0.717) is 16.3 Å². The molecule has 0 saturated carbocycles. The smallest absolute Gasteiger partial charge is 0.266 e. The molecule has 30 heavy (non-hydrogen) atoms. The van der Waals surface area contributed by atoms with Gasteiger partial charge in [0, 0.05) is 15.2 Å². The molecule has 0 radical (unpaired) electrons. The van der Waals surface area contributed by atoms with Crippen molar-refractivity contribution in [2.24, 2.45) is 0 Å². The van der Waals surface area contributed by atoms with Crippen molar-refractivity contribution in [2.45, 2.75) is 20.3 Å². The molecule has 3 aromatic rings. The molecule has 3 aromatic carbocycles. The summed E-state index contributed by atoms with van der Waals surface area (Å²) in [5, 5.41) is 12.8. The fraction of sp³-hybridized carbons (Fsp3) is 0.120. The number of carbonyl (C=O) groups excluding carboxylic acids is 1. The van der Waals surface area contributed by atoms with Crippen LogP contribution >= 0.6 is 27.5 Å². The summed E-state index contributed by atoms with van der Waals surface area (Å²) >= 11 is 9.84. The van der Waals surface area contributed by atoms with Crippen LogP contribution < -0.4 is 5.32 Å². The highest BCUT2D eigenvalue weighted by Gasteiger charge is 2.11. The maximum absolute atomic E-state index is 12.4. The molecule has 0 aromatic heterocycles. The zero-order valence-electron chi connectivity index (χ0n) is 16.7. The number of nitriles is 1. The minimum atomic E-state index is -0.463. The van der Waals surface area contributed by atoms with Gasteiger partial charge in [-0.15, -0.1) is 0 Å². The lowest BCUT2D eigenvalue weighted by atomic mass is 9.99. The summed E-state index contributed by atoms with van der Waals surface area (Å²) in [4.78, 5) is 12.4. The number of anilines is 1. The number of halogens is 2. The third kappa shape index (κ3) is 5.82. The van der Waals surface area contributed by atoms with Crippen LogP contribution in [-0.4, -0.2) is 5.91 Å². The largest absolute Gasteiger partial charge is 0.321 e. The number of hydrogen-bond donors (Lipinski definition) is 1. The lowest BCUT2D eigenvalue weighted by molar-refractivity contribution is -0.112. The van der Waals surface area contributed by atoms with Crippen molar-refractivity contribution < 1.29 is 4.79 Å². The predicted octanol–water partition coefficient (Wildman–Crippen LogP) is 6.86. The van der Waals surface area contributed by atoms with Gasteiger partial charge in [-0.05, 0) is 73.4 Å². The van der Waals surface area contributed by atoms with Gasteiger partial charge in [-0.25, -0.2) is 0 Å². The highest BCUT2D eigenvalue weighted by molar-refractivity contribution is 9.10. The minimum absolute atomic E-state index is 0.0102. The van der Waals surface area contributed by atoms with Gasteiger partial charge in [0.05, 0.1) is 0 Å². The summed E-state index contributed by atoms with van der Waals surface area (Å²) in [5.41, 5.74) is 5.96. The van der Waals surface area contributed by atoms with Crippen molar-refractivity contribution >= 4 is 45.2 Å². The van der Waals surface area contributed by atoms with Crippen LogP contribution in [0.15, 0.2) is 70.7 Å². The van der Waals surface area contributed by atoms with Crippen molar-refractivity contribution in [2.75, 3.05) is 5.32 Å². The van der Waals surface area contributed by atoms with Crippen LogP contribution in [0.3, 0.4) is 0 Å². The SMILES string of the molecule is Cc1cc(C)cc(Cc2ccc(/C=C(\C#N)C(=O)Nc3ccc(Br)cc3)cc2Cl)c1. The molecule has 0 atom stereocenters. The molecule has 0 spiro atoms. The monoisotopic (exact) mass is 478 g/mol. The molecule has 0 saturated heterocycles. The Labute approximate surface area is 190 Å². The first-order valence-corrected chi connectivity index (χ1v) is 10.6. The van der Waals surface area contributed by atoms with Gasteiger partial charge in [-0.1, -0.05) is 69.0 Å². The second-order valence-electron chi connectivity index (χ2n) is 7.15. The second-order valence-corrected chi connectivity index (χ2v) is 8.48. The van der Waals surface area contributed by atoms with Crippen LogP contribution in [0.2, 0.25) is 5.02 Å². The molecular formula is C25H20BrClN2O. The Balaban J connectivity index is 1.78. The number of nitrogens with zero attached hydrogens (tertiary/aromatic N) is 1. The lowest BCUT2D eigenvalue weighted by Crippen LogP contribution is -2.13. The molecule has 5 heteroatoms. The standard InChI is InChI=1S/C25H20BrClN2O/c1-16-9-17(2)11-19(10-16)13-20-4-3-18(14-24(20)27)12-21(15-28)25(30)29-23-7-5-22(26)6-8-23/h3-12,14H,13H2,1-2H3,(H,29,30)/b21-12+. The summed E-state index contributed by atoms with van der Waals surface area (Å²) in [6, 6.07) is 21.2. The van der Waals surface area contributed by atoms with E-state index in [1.54, 1.807) is 24.3 Å². The Kier molecular flexibility index (Phi) is 7.10.